The van der Waals surface area contributed by atoms with Gasteiger partial charge in [-0.3, -0.25) is 19.2 Å². The third-order valence-electron chi connectivity index (χ3n) is 6.04. The molecule has 0 aliphatic rings. The number of hydrogen-bond donors (Lipinski definition) is 7. The minimum absolute atomic E-state index is 0.229. The first-order valence-electron chi connectivity index (χ1n) is 13.4. The number of nitrogens with two attached hydrogens (primary N) is 3. The molecule has 0 saturated heterocycles. The van der Waals surface area contributed by atoms with Crippen LogP contribution in [-0.2, 0) is 19.2 Å². The first-order valence-corrected chi connectivity index (χ1v) is 13.4. The number of hydrogen-bond acceptors (Lipinski definition) is 7. The molecule has 0 bridgehead atoms. The summed E-state index contributed by atoms with van der Waals surface area (Å²) >= 11 is 0. The Morgan fingerprint density at radius 2 is 1.19 bits per heavy atom. The quantitative estimate of drug-likeness (QED) is 0.0997. The highest BCUT2D eigenvalue weighted by Crippen LogP contribution is 2.10. The maximum Gasteiger partial charge on any atom is 0.245 e. The van der Waals surface area contributed by atoms with Crippen molar-refractivity contribution in [2.45, 2.75) is 109 Å². The van der Waals surface area contributed by atoms with Crippen molar-refractivity contribution in [2.75, 3.05) is 19.7 Å². The van der Waals surface area contributed by atoms with Gasteiger partial charge in [0.2, 0.25) is 23.6 Å². The minimum Gasteiger partial charge on any atom is -0.394 e. The smallest absolute Gasteiger partial charge is 0.245 e. The summed E-state index contributed by atoms with van der Waals surface area (Å²) in [6.45, 7) is 4.06. The zero-order valence-corrected chi connectivity index (χ0v) is 22.2. The molecule has 0 aliphatic carbocycles. The monoisotopic (exact) mass is 514 g/mol. The van der Waals surface area contributed by atoms with E-state index in [0.717, 1.165) is 45.1 Å². The lowest BCUT2D eigenvalue weighted by molar-refractivity contribution is -0.134. The van der Waals surface area contributed by atoms with E-state index in [1.54, 1.807) is 13.8 Å². The molecule has 4 amide bonds. The number of amides is 4. The average molecular weight is 515 g/mol. The summed E-state index contributed by atoms with van der Waals surface area (Å²) in [5.41, 5.74) is 16.4. The van der Waals surface area contributed by atoms with Gasteiger partial charge in [-0.2, -0.15) is 0 Å². The van der Waals surface area contributed by atoms with Crippen LogP contribution >= 0.6 is 0 Å². The second-order valence-corrected chi connectivity index (χ2v) is 9.65. The molecule has 0 aromatic carbocycles. The third kappa shape index (κ3) is 15.7. The molecule has 0 radical (unpaired) electrons. The van der Waals surface area contributed by atoms with Crippen LogP contribution in [-0.4, -0.2) is 66.6 Å². The van der Waals surface area contributed by atoms with E-state index in [4.69, 9.17) is 17.2 Å². The molecule has 210 valence electrons. The average Bonchev–Trinajstić information content (AvgIpc) is 2.83. The van der Waals surface area contributed by atoms with E-state index in [-0.39, 0.29) is 24.7 Å². The number of aliphatic hydroxyl groups is 1. The van der Waals surface area contributed by atoms with Gasteiger partial charge in [0.25, 0.3) is 0 Å². The van der Waals surface area contributed by atoms with Crippen molar-refractivity contribution < 1.29 is 24.3 Å². The van der Waals surface area contributed by atoms with Crippen molar-refractivity contribution in [3.63, 3.8) is 0 Å². The summed E-state index contributed by atoms with van der Waals surface area (Å²) in [7, 11) is 0. The maximum absolute atomic E-state index is 12.8. The summed E-state index contributed by atoms with van der Waals surface area (Å²) in [6.07, 6.45) is 10.1. The highest BCUT2D eigenvalue weighted by molar-refractivity contribution is 5.94. The van der Waals surface area contributed by atoms with E-state index in [1.165, 1.54) is 6.42 Å². The number of carbonyl (C=O) groups excluding carboxylic acids is 4. The number of unbranched alkanes of at least 4 members (excludes halogenated alkanes) is 8. The fraction of sp³-hybridized carbons (Fsp3) is 0.840. The van der Waals surface area contributed by atoms with E-state index in [0.29, 0.717) is 25.8 Å². The van der Waals surface area contributed by atoms with Crippen LogP contribution in [0.25, 0.3) is 0 Å². The SMILES string of the molecule is CC(C)[C@H](NC(=O)[C@H](CCCCN)NC(=O)[C@H](CO)NC(=O)CCCCCCCCCCN)C(N)=O. The molecule has 36 heavy (non-hydrogen) atoms. The van der Waals surface area contributed by atoms with Gasteiger partial charge in [0.1, 0.15) is 18.1 Å². The molecular weight excluding hydrogens is 464 g/mol. The summed E-state index contributed by atoms with van der Waals surface area (Å²) < 4.78 is 0. The third-order valence-corrected chi connectivity index (χ3v) is 6.04. The lowest BCUT2D eigenvalue weighted by Crippen LogP contribution is -2.57. The van der Waals surface area contributed by atoms with Crippen LogP contribution in [0.2, 0.25) is 0 Å². The van der Waals surface area contributed by atoms with E-state index in [2.05, 4.69) is 16.0 Å². The first-order chi connectivity index (χ1) is 17.2. The summed E-state index contributed by atoms with van der Waals surface area (Å²) in [4.78, 5) is 49.5. The molecule has 0 spiro atoms. The van der Waals surface area contributed by atoms with Crippen LogP contribution in [0.1, 0.15) is 90.9 Å². The van der Waals surface area contributed by atoms with Gasteiger partial charge in [-0.15, -0.1) is 0 Å². The van der Waals surface area contributed by atoms with Crippen LogP contribution < -0.4 is 33.2 Å². The molecule has 0 aromatic heterocycles. The van der Waals surface area contributed by atoms with Crippen LogP contribution in [0.5, 0.6) is 0 Å². The number of carbonyl (C=O) groups is 4. The Balaban J connectivity index is 4.71. The van der Waals surface area contributed by atoms with Crippen molar-refractivity contribution in [3.05, 3.63) is 0 Å². The van der Waals surface area contributed by atoms with Crippen molar-refractivity contribution in [3.8, 4) is 0 Å². The lowest BCUT2D eigenvalue weighted by atomic mass is 10.0. The molecule has 3 atom stereocenters. The van der Waals surface area contributed by atoms with E-state index < -0.39 is 42.5 Å². The Kier molecular flexibility index (Phi) is 19.6. The fourth-order valence-corrected chi connectivity index (χ4v) is 3.81. The van der Waals surface area contributed by atoms with Crippen LogP contribution in [0.15, 0.2) is 0 Å². The normalized spacial score (nSPS) is 13.6. The Morgan fingerprint density at radius 3 is 1.69 bits per heavy atom. The fourth-order valence-electron chi connectivity index (χ4n) is 3.81. The Labute approximate surface area is 216 Å². The highest BCUT2D eigenvalue weighted by Gasteiger charge is 2.29. The number of rotatable bonds is 22. The molecule has 0 unspecified atom stereocenters. The number of nitrogens with one attached hydrogen (secondary N) is 3. The van der Waals surface area contributed by atoms with E-state index in [1.807, 2.05) is 0 Å². The van der Waals surface area contributed by atoms with Crippen molar-refractivity contribution in [1.29, 1.82) is 0 Å². The molecule has 11 heteroatoms. The minimum atomic E-state index is -1.18. The van der Waals surface area contributed by atoms with Gasteiger partial charge >= 0.3 is 0 Å². The molecule has 0 fully saturated rings. The van der Waals surface area contributed by atoms with E-state index in [9.17, 15) is 24.3 Å². The van der Waals surface area contributed by atoms with Gasteiger partial charge in [0.05, 0.1) is 6.61 Å². The molecular formula is C25H50N6O5. The van der Waals surface area contributed by atoms with Crippen LogP contribution in [0.3, 0.4) is 0 Å². The van der Waals surface area contributed by atoms with Gasteiger partial charge in [-0.05, 0) is 51.1 Å². The van der Waals surface area contributed by atoms with Crippen molar-refractivity contribution in [1.82, 2.24) is 16.0 Å². The second-order valence-electron chi connectivity index (χ2n) is 9.65. The summed E-state index contributed by atoms with van der Waals surface area (Å²) in [5, 5.41) is 17.4. The molecule has 11 nitrogen and oxygen atoms in total. The largest absolute Gasteiger partial charge is 0.394 e. The first kappa shape index (κ1) is 33.8. The molecule has 10 N–H and O–H groups in total. The van der Waals surface area contributed by atoms with Gasteiger partial charge < -0.3 is 38.3 Å². The van der Waals surface area contributed by atoms with E-state index >= 15 is 0 Å². The molecule has 0 heterocycles. The molecule has 0 saturated carbocycles. The van der Waals surface area contributed by atoms with Gasteiger partial charge in [0.15, 0.2) is 0 Å². The maximum atomic E-state index is 12.8. The number of aliphatic hydroxyl groups excluding tert-OH is 1. The predicted molar refractivity (Wildman–Crippen MR) is 140 cm³/mol. The van der Waals surface area contributed by atoms with Gasteiger partial charge in [0, 0.05) is 6.42 Å². The molecule has 0 rings (SSSR count). The zero-order chi connectivity index (χ0) is 27.3. The standard InChI is InChI=1S/C25H50N6O5/c1-18(2)22(23(28)34)31-24(35)19(13-10-12-16-27)30-25(36)20(17-32)29-21(33)14-9-7-5-3-4-6-8-11-15-26/h18-20,22,32H,3-17,26-27H2,1-2H3,(H2,28,34)(H,29,33)(H,30,36)(H,31,35)/t19-,20-,22-/m0/s1. The Hall–Kier alpha value is -2.24. The zero-order valence-electron chi connectivity index (χ0n) is 22.2. The second kappa shape index (κ2) is 20.9. The predicted octanol–water partition coefficient (Wildman–Crippen LogP) is 0.173. The summed E-state index contributed by atoms with van der Waals surface area (Å²) in [5.74, 6) is -2.45. The van der Waals surface area contributed by atoms with Crippen LogP contribution in [0.4, 0.5) is 0 Å². The van der Waals surface area contributed by atoms with Crippen LogP contribution in [0, 0.1) is 5.92 Å². The Bertz CT molecular complexity index is 646. The molecule has 0 aliphatic heterocycles. The lowest BCUT2D eigenvalue weighted by Gasteiger charge is -2.25. The van der Waals surface area contributed by atoms with Crippen molar-refractivity contribution in [2.24, 2.45) is 23.1 Å². The Morgan fingerprint density at radius 1 is 0.694 bits per heavy atom. The van der Waals surface area contributed by atoms with Gasteiger partial charge in [-0.1, -0.05) is 52.4 Å². The number of primary amides is 1. The molecule has 0 aromatic rings. The van der Waals surface area contributed by atoms with Gasteiger partial charge in [-0.25, -0.2) is 0 Å². The topological polar surface area (TPSA) is 203 Å². The van der Waals surface area contributed by atoms with Crippen molar-refractivity contribution >= 4 is 23.6 Å². The summed E-state index contributed by atoms with van der Waals surface area (Å²) in [6, 6.07) is -3.02. The highest BCUT2D eigenvalue weighted by atomic mass is 16.3.